The molecule has 0 saturated carbocycles. The third kappa shape index (κ3) is 5.28. The molecule has 0 aliphatic rings. The highest BCUT2D eigenvalue weighted by Gasteiger charge is 2.30. The van der Waals surface area contributed by atoms with Crippen molar-refractivity contribution in [3.63, 3.8) is 0 Å². The van der Waals surface area contributed by atoms with Crippen LogP contribution in [-0.2, 0) is 11.0 Å². The normalized spacial score (nSPS) is 12.0. The van der Waals surface area contributed by atoms with Crippen molar-refractivity contribution in [1.82, 2.24) is 5.43 Å². The van der Waals surface area contributed by atoms with Crippen molar-refractivity contribution in [2.45, 2.75) is 13.1 Å². The number of hydrogen-bond donors (Lipinski definition) is 2. The number of amides is 1. The van der Waals surface area contributed by atoms with E-state index in [1.165, 1.54) is 12.1 Å². The van der Waals surface area contributed by atoms with Gasteiger partial charge in [0, 0.05) is 5.69 Å². The standard InChI is InChI=1S/C22H20F3N3O2/c1-14(15-6-7-17-11-20(30-2)9-8-16(17)10-15)27-28-21(29)13-26-19-5-3-4-18(12-19)22(23,24)25/h3-12,26H,13H2,1-2H3,(H,28,29)/b27-14+. The van der Waals surface area contributed by atoms with Gasteiger partial charge in [0.1, 0.15) is 5.75 Å². The summed E-state index contributed by atoms with van der Waals surface area (Å²) in [5.41, 5.74) is 3.25. The fourth-order valence-electron chi connectivity index (χ4n) is 2.81. The molecule has 3 rings (SSSR count). The number of hydrazone groups is 1. The van der Waals surface area contributed by atoms with Crippen LogP contribution in [0, 0.1) is 0 Å². The number of ether oxygens (including phenoxy) is 1. The van der Waals surface area contributed by atoms with E-state index in [1.54, 1.807) is 14.0 Å². The molecule has 0 unspecified atom stereocenters. The van der Waals surface area contributed by atoms with Gasteiger partial charge in [0.15, 0.2) is 0 Å². The Labute approximate surface area is 171 Å². The largest absolute Gasteiger partial charge is 0.497 e. The molecule has 3 aromatic carbocycles. The summed E-state index contributed by atoms with van der Waals surface area (Å²) in [5, 5.41) is 8.75. The van der Waals surface area contributed by atoms with Gasteiger partial charge >= 0.3 is 6.18 Å². The van der Waals surface area contributed by atoms with Crippen molar-refractivity contribution in [2.75, 3.05) is 19.0 Å². The Morgan fingerprint density at radius 2 is 1.77 bits per heavy atom. The van der Waals surface area contributed by atoms with E-state index < -0.39 is 17.6 Å². The molecule has 0 fully saturated rings. The van der Waals surface area contributed by atoms with Gasteiger partial charge in [-0.2, -0.15) is 18.3 Å². The first-order valence-corrected chi connectivity index (χ1v) is 9.09. The Morgan fingerprint density at radius 3 is 2.50 bits per heavy atom. The van der Waals surface area contributed by atoms with Gasteiger partial charge in [-0.3, -0.25) is 4.79 Å². The Morgan fingerprint density at radius 1 is 1.03 bits per heavy atom. The third-order valence-electron chi connectivity index (χ3n) is 4.46. The summed E-state index contributed by atoms with van der Waals surface area (Å²) in [7, 11) is 1.61. The van der Waals surface area contributed by atoms with Crippen LogP contribution in [0.25, 0.3) is 10.8 Å². The number of carbonyl (C=O) groups is 1. The number of rotatable bonds is 6. The van der Waals surface area contributed by atoms with Crippen LogP contribution in [0.2, 0.25) is 0 Å². The predicted octanol–water partition coefficient (Wildman–Crippen LogP) is 4.82. The first kappa shape index (κ1) is 21.2. The lowest BCUT2D eigenvalue weighted by Gasteiger charge is -2.10. The molecule has 2 N–H and O–H groups in total. The van der Waals surface area contributed by atoms with Gasteiger partial charge in [0.05, 0.1) is 24.9 Å². The van der Waals surface area contributed by atoms with Gasteiger partial charge in [0.2, 0.25) is 0 Å². The van der Waals surface area contributed by atoms with Gasteiger partial charge in [-0.25, -0.2) is 5.43 Å². The number of benzene rings is 3. The number of carbonyl (C=O) groups excluding carboxylic acids is 1. The second-order valence-corrected chi connectivity index (χ2v) is 6.59. The molecule has 0 aliphatic heterocycles. The monoisotopic (exact) mass is 415 g/mol. The van der Waals surface area contributed by atoms with Crippen LogP contribution in [0.5, 0.6) is 5.75 Å². The van der Waals surface area contributed by atoms with Crippen molar-refractivity contribution >= 4 is 28.1 Å². The smallest absolute Gasteiger partial charge is 0.416 e. The zero-order valence-electron chi connectivity index (χ0n) is 16.4. The lowest BCUT2D eigenvalue weighted by atomic mass is 10.0. The van der Waals surface area contributed by atoms with E-state index in [9.17, 15) is 18.0 Å². The Balaban J connectivity index is 1.61. The van der Waals surface area contributed by atoms with Crippen LogP contribution in [0.15, 0.2) is 65.8 Å². The average molecular weight is 415 g/mol. The van der Waals surface area contributed by atoms with Gasteiger partial charge in [-0.05, 0) is 59.7 Å². The molecule has 0 radical (unpaired) electrons. The van der Waals surface area contributed by atoms with Crippen LogP contribution in [-0.4, -0.2) is 25.3 Å². The number of anilines is 1. The first-order chi connectivity index (χ1) is 14.3. The number of methoxy groups -OCH3 is 1. The highest BCUT2D eigenvalue weighted by Crippen LogP contribution is 2.30. The van der Waals surface area contributed by atoms with Gasteiger partial charge < -0.3 is 10.1 Å². The maximum atomic E-state index is 12.7. The molecule has 8 heteroatoms. The number of hydrogen-bond acceptors (Lipinski definition) is 4. The molecule has 0 bridgehead atoms. The third-order valence-corrected chi connectivity index (χ3v) is 4.46. The Bertz CT molecular complexity index is 1090. The SMILES string of the molecule is COc1ccc2cc(/C(C)=N/NC(=O)CNc3cccc(C(F)(F)F)c3)ccc2c1. The lowest BCUT2D eigenvalue weighted by Crippen LogP contribution is -2.26. The highest BCUT2D eigenvalue weighted by molar-refractivity contribution is 6.02. The van der Waals surface area contributed by atoms with Crippen LogP contribution in [0.1, 0.15) is 18.1 Å². The summed E-state index contributed by atoms with van der Waals surface area (Å²) in [6.45, 7) is 1.54. The zero-order chi connectivity index (χ0) is 21.7. The molecule has 0 atom stereocenters. The van der Waals surface area contributed by atoms with Crippen molar-refractivity contribution < 1.29 is 22.7 Å². The molecular weight excluding hydrogens is 395 g/mol. The van der Waals surface area contributed by atoms with Crippen molar-refractivity contribution in [2.24, 2.45) is 5.10 Å². The number of halogens is 3. The molecule has 156 valence electrons. The summed E-state index contributed by atoms with van der Waals surface area (Å²) in [6.07, 6.45) is -4.44. The van der Waals surface area contributed by atoms with Crippen molar-refractivity contribution in [3.8, 4) is 5.75 Å². The Hall–Kier alpha value is -3.55. The molecule has 0 spiro atoms. The maximum Gasteiger partial charge on any atom is 0.416 e. The minimum absolute atomic E-state index is 0.200. The van der Waals surface area contributed by atoms with E-state index in [4.69, 9.17) is 4.74 Å². The second kappa shape index (κ2) is 8.86. The van der Waals surface area contributed by atoms with Gasteiger partial charge in [-0.1, -0.05) is 24.3 Å². The summed E-state index contributed by atoms with van der Waals surface area (Å²) >= 11 is 0. The van der Waals surface area contributed by atoms with E-state index >= 15 is 0 Å². The topological polar surface area (TPSA) is 62.7 Å². The summed E-state index contributed by atoms with van der Waals surface area (Å²) < 4.78 is 43.4. The number of nitrogens with zero attached hydrogens (tertiary/aromatic N) is 1. The number of alkyl halides is 3. The van der Waals surface area contributed by atoms with E-state index in [0.717, 1.165) is 34.2 Å². The minimum Gasteiger partial charge on any atom is -0.497 e. The first-order valence-electron chi connectivity index (χ1n) is 9.09. The fourth-order valence-corrected chi connectivity index (χ4v) is 2.81. The molecule has 0 heterocycles. The molecule has 30 heavy (non-hydrogen) atoms. The summed E-state index contributed by atoms with van der Waals surface area (Å²) in [6, 6.07) is 16.1. The fraction of sp³-hybridized carbons (Fsp3) is 0.182. The lowest BCUT2D eigenvalue weighted by molar-refractivity contribution is -0.137. The van der Waals surface area contributed by atoms with Crippen molar-refractivity contribution in [1.29, 1.82) is 0 Å². The predicted molar refractivity (Wildman–Crippen MR) is 111 cm³/mol. The number of nitrogens with one attached hydrogen (secondary N) is 2. The van der Waals surface area contributed by atoms with Crippen LogP contribution >= 0.6 is 0 Å². The van der Waals surface area contributed by atoms with E-state index in [1.807, 2.05) is 36.4 Å². The van der Waals surface area contributed by atoms with E-state index in [2.05, 4.69) is 15.8 Å². The quantitative estimate of drug-likeness (QED) is 0.448. The van der Waals surface area contributed by atoms with E-state index in [0.29, 0.717) is 5.71 Å². The molecule has 0 saturated heterocycles. The van der Waals surface area contributed by atoms with Gasteiger partial charge in [0.25, 0.3) is 5.91 Å². The van der Waals surface area contributed by atoms with Crippen LogP contribution in [0.4, 0.5) is 18.9 Å². The second-order valence-electron chi connectivity index (χ2n) is 6.59. The number of fused-ring (bicyclic) bond motifs is 1. The zero-order valence-corrected chi connectivity index (χ0v) is 16.4. The molecule has 5 nitrogen and oxygen atoms in total. The molecular formula is C22H20F3N3O2. The molecule has 0 aromatic heterocycles. The molecule has 1 amide bonds. The van der Waals surface area contributed by atoms with Gasteiger partial charge in [-0.15, -0.1) is 0 Å². The molecule has 3 aromatic rings. The Kier molecular flexibility index (Phi) is 6.25. The van der Waals surface area contributed by atoms with Crippen molar-refractivity contribution in [3.05, 3.63) is 71.8 Å². The maximum absolute atomic E-state index is 12.7. The van der Waals surface area contributed by atoms with E-state index in [-0.39, 0.29) is 12.2 Å². The summed E-state index contributed by atoms with van der Waals surface area (Å²) in [4.78, 5) is 12.0. The van der Waals surface area contributed by atoms with Crippen LogP contribution < -0.4 is 15.5 Å². The average Bonchev–Trinajstić information content (AvgIpc) is 2.74. The minimum atomic E-state index is -4.44. The summed E-state index contributed by atoms with van der Waals surface area (Å²) in [5.74, 6) is 0.290. The molecule has 0 aliphatic carbocycles. The highest BCUT2D eigenvalue weighted by atomic mass is 19.4. The van der Waals surface area contributed by atoms with Crippen LogP contribution in [0.3, 0.4) is 0 Å².